The summed E-state index contributed by atoms with van der Waals surface area (Å²) in [7, 11) is 0. The molecule has 0 unspecified atom stereocenters. The number of aryl methyl sites for hydroxylation is 1. The van der Waals surface area contributed by atoms with E-state index in [2.05, 4.69) is 43.0 Å². The molecule has 106 valence electrons. The molecule has 1 rings (SSSR count). The van der Waals surface area contributed by atoms with E-state index in [1.54, 1.807) is 0 Å². The lowest BCUT2D eigenvalue weighted by Gasteiger charge is -2.25. The number of carbonyl (C=O) groups is 1. The number of aliphatic carboxylic acids is 1. The van der Waals surface area contributed by atoms with Crippen LogP contribution < -0.4 is 0 Å². The third kappa shape index (κ3) is 6.97. The largest absolute Gasteiger partial charge is 0.481 e. The molecule has 0 aliphatic carbocycles. The van der Waals surface area contributed by atoms with E-state index in [1.165, 1.54) is 5.56 Å². The van der Waals surface area contributed by atoms with Crippen LogP contribution in [0.15, 0.2) is 30.3 Å². The summed E-state index contributed by atoms with van der Waals surface area (Å²) in [6.45, 7) is 5.88. The van der Waals surface area contributed by atoms with E-state index in [0.29, 0.717) is 12.6 Å². The van der Waals surface area contributed by atoms with Crippen LogP contribution in [0.5, 0.6) is 0 Å². The quantitative estimate of drug-likeness (QED) is 0.696. The number of benzene rings is 1. The van der Waals surface area contributed by atoms with Gasteiger partial charge in [0, 0.05) is 12.6 Å². The first-order chi connectivity index (χ1) is 9.09. The minimum atomic E-state index is -0.713. The summed E-state index contributed by atoms with van der Waals surface area (Å²) in [5, 5.41) is 8.74. The molecule has 1 N–H and O–H groups in total. The molecule has 0 saturated carbocycles. The van der Waals surface area contributed by atoms with Crippen LogP contribution in [0, 0.1) is 0 Å². The van der Waals surface area contributed by atoms with Crippen LogP contribution in [0.3, 0.4) is 0 Å². The Morgan fingerprint density at radius 1 is 1.16 bits per heavy atom. The van der Waals surface area contributed by atoms with Gasteiger partial charge in [0.15, 0.2) is 0 Å². The summed E-state index contributed by atoms with van der Waals surface area (Å²) in [4.78, 5) is 12.9. The summed E-state index contributed by atoms with van der Waals surface area (Å²) in [6.07, 6.45) is 3.61. The molecule has 0 saturated heterocycles. The van der Waals surface area contributed by atoms with Gasteiger partial charge in [-0.05, 0) is 45.2 Å². The van der Waals surface area contributed by atoms with Crippen LogP contribution in [-0.2, 0) is 11.2 Å². The number of hydrogen-bond donors (Lipinski definition) is 1. The first-order valence-corrected chi connectivity index (χ1v) is 7.09. The zero-order chi connectivity index (χ0) is 14.1. The first kappa shape index (κ1) is 15.7. The van der Waals surface area contributed by atoms with Crippen molar-refractivity contribution in [3.63, 3.8) is 0 Å². The summed E-state index contributed by atoms with van der Waals surface area (Å²) in [6, 6.07) is 10.9. The van der Waals surface area contributed by atoms with Crippen LogP contribution in [0.25, 0.3) is 0 Å². The van der Waals surface area contributed by atoms with Gasteiger partial charge in [-0.25, -0.2) is 0 Å². The molecule has 0 fully saturated rings. The molecule has 0 radical (unpaired) electrons. The van der Waals surface area contributed by atoms with Crippen molar-refractivity contribution in [1.29, 1.82) is 0 Å². The van der Waals surface area contributed by atoms with E-state index in [-0.39, 0.29) is 6.42 Å². The number of nitrogens with zero attached hydrogens (tertiary/aromatic N) is 1. The Hall–Kier alpha value is -1.35. The second kappa shape index (κ2) is 8.70. The number of carboxylic acids is 1. The highest BCUT2D eigenvalue weighted by Crippen LogP contribution is 2.07. The van der Waals surface area contributed by atoms with Gasteiger partial charge in [-0.2, -0.15) is 0 Å². The standard InChI is InChI=1S/C16H25NO2/c1-14(2)17(13-11-16(18)19)12-7-6-10-15-8-4-3-5-9-15/h3-5,8-9,14H,6-7,10-13H2,1-2H3,(H,18,19). The smallest absolute Gasteiger partial charge is 0.304 e. The molecule has 3 nitrogen and oxygen atoms in total. The highest BCUT2D eigenvalue weighted by Gasteiger charge is 2.10. The number of rotatable bonds is 9. The van der Waals surface area contributed by atoms with Gasteiger partial charge in [0.2, 0.25) is 0 Å². The maximum Gasteiger partial charge on any atom is 0.304 e. The predicted octanol–water partition coefficient (Wildman–Crippen LogP) is 3.19. The van der Waals surface area contributed by atoms with Crippen molar-refractivity contribution in [2.75, 3.05) is 13.1 Å². The van der Waals surface area contributed by atoms with Gasteiger partial charge in [-0.1, -0.05) is 30.3 Å². The van der Waals surface area contributed by atoms with Crippen LogP contribution in [-0.4, -0.2) is 35.1 Å². The Labute approximate surface area is 116 Å². The van der Waals surface area contributed by atoms with Crippen molar-refractivity contribution in [2.45, 2.75) is 45.6 Å². The molecule has 0 amide bonds. The van der Waals surface area contributed by atoms with Crippen molar-refractivity contribution < 1.29 is 9.90 Å². The second-order valence-corrected chi connectivity index (χ2v) is 5.22. The number of hydrogen-bond acceptors (Lipinski definition) is 2. The molecule has 1 aromatic rings. The fraction of sp³-hybridized carbons (Fsp3) is 0.562. The molecule has 0 aliphatic heterocycles. The zero-order valence-corrected chi connectivity index (χ0v) is 12.0. The molecular formula is C16H25NO2. The minimum absolute atomic E-state index is 0.233. The highest BCUT2D eigenvalue weighted by atomic mass is 16.4. The fourth-order valence-electron chi connectivity index (χ4n) is 2.16. The second-order valence-electron chi connectivity index (χ2n) is 5.22. The molecule has 0 aromatic heterocycles. The lowest BCUT2D eigenvalue weighted by atomic mass is 10.1. The molecule has 19 heavy (non-hydrogen) atoms. The number of carboxylic acid groups (broad SMARTS) is 1. The normalized spacial score (nSPS) is 11.2. The Morgan fingerprint density at radius 3 is 2.42 bits per heavy atom. The first-order valence-electron chi connectivity index (χ1n) is 7.09. The Balaban J connectivity index is 2.23. The van der Waals surface area contributed by atoms with E-state index in [1.807, 2.05) is 6.07 Å². The van der Waals surface area contributed by atoms with Gasteiger partial charge in [-0.15, -0.1) is 0 Å². The molecule has 0 bridgehead atoms. The van der Waals surface area contributed by atoms with Gasteiger partial charge in [0.1, 0.15) is 0 Å². The van der Waals surface area contributed by atoms with Gasteiger partial charge in [0.25, 0.3) is 0 Å². The molecule has 0 aliphatic rings. The third-order valence-corrected chi connectivity index (χ3v) is 3.35. The van der Waals surface area contributed by atoms with E-state index in [9.17, 15) is 4.79 Å². The molecule has 1 aromatic carbocycles. The summed E-state index contributed by atoms with van der Waals surface area (Å²) < 4.78 is 0. The van der Waals surface area contributed by atoms with Crippen molar-refractivity contribution in [2.24, 2.45) is 0 Å². The Bertz CT molecular complexity index is 362. The molecule has 0 heterocycles. The van der Waals surface area contributed by atoms with E-state index < -0.39 is 5.97 Å². The predicted molar refractivity (Wildman–Crippen MR) is 78.3 cm³/mol. The van der Waals surface area contributed by atoms with Crippen LogP contribution in [0.1, 0.15) is 38.7 Å². The van der Waals surface area contributed by atoms with Gasteiger partial charge in [0.05, 0.1) is 6.42 Å². The Morgan fingerprint density at radius 2 is 1.84 bits per heavy atom. The van der Waals surface area contributed by atoms with E-state index in [0.717, 1.165) is 25.8 Å². The lowest BCUT2D eigenvalue weighted by molar-refractivity contribution is -0.137. The van der Waals surface area contributed by atoms with Crippen molar-refractivity contribution >= 4 is 5.97 Å². The summed E-state index contributed by atoms with van der Waals surface area (Å²) in [5.74, 6) is -0.713. The monoisotopic (exact) mass is 263 g/mol. The van der Waals surface area contributed by atoms with E-state index in [4.69, 9.17) is 5.11 Å². The maximum absolute atomic E-state index is 10.6. The topological polar surface area (TPSA) is 40.5 Å². The van der Waals surface area contributed by atoms with Crippen LogP contribution in [0.4, 0.5) is 0 Å². The molecule has 0 atom stereocenters. The van der Waals surface area contributed by atoms with Gasteiger partial charge < -0.3 is 10.0 Å². The lowest BCUT2D eigenvalue weighted by Crippen LogP contribution is -2.33. The number of unbranched alkanes of at least 4 members (excludes halogenated alkanes) is 1. The van der Waals surface area contributed by atoms with Crippen molar-refractivity contribution in [3.8, 4) is 0 Å². The Kier molecular flexibility index (Phi) is 7.19. The summed E-state index contributed by atoms with van der Waals surface area (Å²) >= 11 is 0. The van der Waals surface area contributed by atoms with Crippen molar-refractivity contribution in [1.82, 2.24) is 4.90 Å². The minimum Gasteiger partial charge on any atom is -0.481 e. The average molecular weight is 263 g/mol. The molecule has 3 heteroatoms. The van der Waals surface area contributed by atoms with Crippen LogP contribution >= 0.6 is 0 Å². The average Bonchev–Trinajstić information content (AvgIpc) is 2.38. The zero-order valence-electron chi connectivity index (χ0n) is 12.0. The maximum atomic E-state index is 10.6. The van der Waals surface area contributed by atoms with Crippen LogP contribution in [0.2, 0.25) is 0 Å². The SMILES string of the molecule is CC(C)N(CCCCc1ccccc1)CCC(=O)O. The van der Waals surface area contributed by atoms with Crippen molar-refractivity contribution in [3.05, 3.63) is 35.9 Å². The van der Waals surface area contributed by atoms with E-state index >= 15 is 0 Å². The van der Waals surface area contributed by atoms with Gasteiger partial charge in [-0.3, -0.25) is 4.79 Å². The van der Waals surface area contributed by atoms with Gasteiger partial charge >= 0.3 is 5.97 Å². The molecular weight excluding hydrogens is 238 g/mol. The third-order valence-electron chi connectivity index (χ3n) is 3.35. The highest BCUT2D eigenvalue weighted by molar-refractivity contribution is 5.66. The fourth-order valence-corrected chi connectivity index (χ4v) is 2.16. The summed E-state index contributed by atoms with van der Waals surface area (Å²) in [5.41, 5.74) is 1.38. The molecule has 0 spiro atoms.